The third-order valence-corrected chi connectivity index (χ3v) is 4.75. The maximum atomic E-state index is 12.3. The molecule has 1 aliphatic rings. The van der Waals surface area contributed by atoms with Gasteiger partial charge in [0.25, 0.3) is 5.91 Å². The molecule has 3 heterocycles. The van der Waals surface area contributed by atoms with E-state index in [1.54, 1.807) is 0 Å². The van der Waals surface area contributed by atoms with Crippen molar-refractivity contribution in [3.63, 3.8) is 0 Å². The van der Waals surface area contributed by atoms with E-state index >= 15 is 0 Å². The molecule has 3 rings (SSSR count). The number of amides is 2. The standard InChI is InChI=1S/C13H13N3O2S2/c1-8(17)14-13-15-10-2-4-16(6-11(10)20-13)12(18)9-3-5-19-7-9/h3,5,7H,2,4,6H2,1H3,(H,14,15,17). The third kappa shape index (κ3) is 2.59. The molecule has 1 N–H and O–H groups in total. The maximum absolute atomic E-state index is 12.3. The van der Waals surface area contributed by atoms with Crippen molar-refractivity contribution in [1.82, 2.24) is 9.88 Å². The number of carbonyl (C=O) groups is 2. The number of thiazole rings is 1. The normalized spacial score (nSPS) is 13.9. The Morgan fingerprint density at radius 2 is 2.30 bits per heavy atom. The fourth-order valence-electron chi connectivity index (χ4n) is 2.14. The van der Waals surface area contributed by atoms with Gasteiger partial charge in [-0.05, 0) is 11.4 Å². The molecule has 0 bridgehead atoms. The number of thiophene rings is 1. The zero-order valence-corrected chi connectivity index (χ0v) is 12.5. The first kappa shape index (κ1) is 13.3. The van der Waals surface area contributed by atoms with Gasteiger partial charge in [0.05, 0.1) is 17.8 Å². The Morgan fingerprint density at radius 3 is 3.00 bits per heavy atom. The minimum atomic E-state index is -0.123. The second-order valence-corrected chi connectivity index (χ2v) is 6.42. The lowest BCUT2D eigenvalue weighted by molar-refractivity contribution is -0.114. The highest BCUT2D eigenvalue weighted by atomic mass is 32.1. The van der Waals surface area contributed by atoms with Gasteiger partial charge < -0.3 is 10.2 Å². The lowest BCUT2D eigenvalue weighted by atomic mass is 10.1. The number of fused-ring (bicyclic) bond motifs is 1. The zero-order valence-electron chi connectivity index (χ0n) is 10.9. The first-order chi connectivity index (χ1) is 9.63. The van der Waals surface area contributed by atoms with Crippen molar-refractivity contribution in [2.75, 3.05) is 11.9 Å². The van der Waals surface area contributed by atoms with Crippen molar-refractivity contribution >= 4 is 39.6 Å². The molecule has 5 nitrogen and oxygen atoms in total. The van der Waals surface area contributed by atoms with Crippen molar-refractivity contribution < 1.29 is 9.59 Å². The highest BCUT2D eigenvalue weighted by molar-refractivity contribution is 7.15. The first-order valence-electron chi connectivity index (χ1n) is 6.21. The average Bonchev–Trinajstić information content (AvgIpc) is 3.04. The van der Waals surface area contributed by atoms with Gasteiger partial charge in [0.1, 0.15) is 0 Å². The molecule has 20 heavy (non-hydrogen) atoms. The predicted octanol–water partition coefficient (Wildman–Crippen LogP) is 2.36. The summed E-state index contributed by atoms with van der Waals surface area (Å²) in [4.78, 5) is 30.6. The third-order valence-electron chi connectivity index (χ3n) is 3.07. The Bertz CT molecular complexity index is 649. The molecule has 0 aliphatic carbocycles. The summed E-state index contributed by atoms with van der Waals surface area (Å²) in [5.74, 6) is -0.0614. The van der Waals surface area contributed by atoms with Crippen LogP contribution in [0.5, 0.6) is 0 Å². The molecule has 0 saturated heterocycles. The zero-order chi connectivity index (χ0) is 14.1. The summed E-state index contributed by atoms with van der Waals surface area (Å²) in [5, 5.41) is 7.09. The van der Waals surface area contributed by atoms with Crippen molar-refractivity contribution in [1.29, 1.82) is 0 Å². The Labute approximate surface area is 124 Å². The lowest BCUT2D eigenvalue weighted by Gasteiger charge is -2.25. The van der Waals surface area contributed by atoms with Gasteiger partial charge in [-0.15, -0.1) is 0 Å². The number of hydrogen-bond acceptors (Lipinski definition) is 5. The number of nitrogens with zero attached hydrogens (tertiary/aromatic N) is 2. The van der Waals surface area contributed by atoms with Crippen LogP contribution in [0.15, 0.2) is 16.8 Å². The smallest absolute Gasteiger partial charge is 0.255 e. The maximum Gasteiger partial charge on any atom is 0.255 e. The van der Waals surface area contributed by atoms with Gasteiger partial charge in [0, 0.05) is 30.1 Å². The van der Waals surface area contributed by atoms with Crippen LogP contribution in [0.2, 0.25) is 0 Å². The molecule has 0 radical (unpaired) electrons. The molecule has 0 saturated carbocycles. The molecule has 0 spiro atoms. The first-order valence-corrected chi connectivity index (χ1v) is 7.97. The molecule has 7 heteroatoms. The van der Waals surface area contributed by atoms with Gasteiger partial charge in [-0.1, -0.05) is 11.3 Å². The SMILES string of the molecule is CC(=O)Nc1nc2c(s1)CN(C(=O)c1ccsc1)CC2. The van der Waals surface area contributed by atoms with Crippen molar-refractivity contribution in [3.05, 3.63) is 33.0 Å². The van der Waals surface area contributed by atoms with Crippen LogP contribution in [0.4, 0.5) is 5.13 Å². The highest BCUT2D eigenvalue weighted by Crippen LogP contribution is 2.29. The van der Waals surface area contributed by atoms with Crippen LogP contribution in [-0.2, 0) is 17.8 Å². The Balaban J connectivity index is 1.76. The second kappa shape index (κ2) is 5.34. The van der Waals surface area contributed by atoms with Gasteiger partial charge in [-0.25, -0.2) is 4.98 Å². The Hall–Kier alpha value is -1.73. The van der Waals surface area contributed by atoms with Gasteiger partial charge in [0.15, 0.2) is 5.13 Å². The van der Waals surface area contributed by atoms with Crippen LogP contribution < -0.4 is 5.32 Å². The van der Waals surface area contributed by atoms with E-state index in [2.05, 4.69) is 10.3 Å². The number of anilines is 1. The van der Waals surface area contributed by atoms with E-state index in [0.29, 0.717) is 18.2 Å². The van der Waals surface area contributed by atoms with Crippen LogP contribution >= 0.6 is 22.7 Å². The van der Waals surface area contributed by atoms with Crippen molar-refractivity contribution in [2.45, 2.75) is 19.9 Å². The van der Waals surface area contributed by atoms with Gasteiger partial charge in [0.2, 0.25) is 5.91 Å². The van der Waals surface area contributed by atoms with E-state index in [1.165, 1.54) is 29.6 Å². The number of nitrogens with one attached hydrogen (secondary N) is 1. The quantitative estimate of drug-likeness (QED) is 0.926. The summed E-state index contributed by atoms with van der Waals surface area (Å²) in [6.45, 7) is 2.71. The molecule has 0 aromatic carbocycles. The summed E-state index contributed by atoms with van der Waals surface area (Å²) in [6.07, 6.45) is 0.737. The van der Waals surface area contributed by atoms with E-state index < -0.39 is 0 Å². The van der Waals surface area contributed by atoms with Crippen LogP contribution in [0.1, 0.15) is 27.9 Å². The molecule has 1 aliphatic heterocycles. The van der Waals surface area contributed by atoms with E-state index in [9.17, 15) is 9.59 Å². The van der Waals surface area contributed by atoms with Crippen LogP contribution in [-0.4, -0.2) is 28.2 Å². The molecular formula is C13H13N3O2S2. The van der Waals surface area contributed by atoms with Crippen LogP contribution in [0.3, 0.4) is 0 Å². The predicted molar refractivity (Wildman–Crippen MR) is 79.2 cm³/mol. The summed E-state index contributed by atoms with van der Waals surface area (Å²) < 4.78 is 0. The summed E-state index contributed by atoms with van der Waals surface area (Å²) >= 11 is 2.97. The lowest BCUT2D eigenvalue weighted by Crippen LogP contribution is -2.35. The number of carbonyl (C=O) groups excluding carboxylic acids is 2. The minimum absolute atomic E-state index is 0.0615. The molecular weight excluding hydrogens is 294 g/mol. The Kier molecular flexibility index (Phi) is 3.54. The Morgan fingerprint density at radius 1 is 1.45 bits per heavy atom. The monoisotopic (exact) mass is 307 g/mol. The fraction of sp³-hybridized carbons (Fsp3) is 0.308. The van der Waals surface area contributed by atoms with E-state index in [-0.39, 0.29) is 11.8 Å². The van der Waals surface area contributed by atoms with Crippen LogP contribution in [0.25, 0.3) is 0 Å². The highest BCUT2D eigenvalue weighted by Gasteiger charge is 2.25. The molecule has 2 aromatic heterocycles. The number of aromatic nitrogens is 1. The van der Waals surface area contributed by atoms with Gasteiger partial charge in [-0.3, -0.25) is 9.59 Å². The van der Waals surface area contributed by atoms with E-state index in [0.717, 1.165) is 22.6 Å². The summed E-state index contributed by atoms with van der Waals surface area (Å²) in [7, 11) is 0. The minimum Gasteiger partial charge on any atom is -0.333 e. The van der Waals surface area contributed by atoms with Crippen LogP contribution in [0, 0.1) is 0 Å². The second-order valence-electron chi connectivity index (χ2n) is 4.56. The molecule has 0 unspecified atom stereocenters. The largest absolute Gasteiger partial charge is 0.333 e. The van der Waals surface area contributed by atoms with Crippen molar-refractivity contribution in [2.24, 2.45) is 0 Å². The van der Waals surface area contributed by atoms with E-state index in [4.69, 9.17) is 0 Å². The molecule has 0 atom stereocenters. The average molecular weight is 307 g/mol. The van der Waals surface area contributed by atoms with Gasteiger partial charge in [-0.2, -0.15) is 11.3 Å². The summed E-state index contributed by atoms with van der Waals surface area (Å²) in [6, 6.07) is 1.85. The molecule has 2 aromatic rings. The number of rotatable bonds is 2. The van der Waals surface area contributed by atoms with Crippen molar-refractivity contribution in [3.8, 4) is 0 Å². The molecule has 104 valence electrons. The molecule has 0 fully saturated rings. The summed E-state index contributed by atoms with van der Waals surface area (Å²) in [5.41, 5.74) is 1.73. The van der Waals surface area contributed by atoms with Gasteiger partial charge >= 0.3 is 0 Å². The fourth-order valence-corrected chi connectivity index (χ4v) is 3.84. The molecule has 2 amide bonds. The number of hydrogen-bond donors (Lipinski definition) is 1. The van der Waals surface area contributed by atoms with E-state index in [1.807, 2.05) is 21.7 Å². The topological polar surface area (TPSA) is 62.3 Å².